The second-order valence-electron chi connectivity index (χ2n) is 4.55. The highest BCUT2D eigenvalue weighted by molar-refractivity contribution is 4.98. The molecule has 3 heteroatoms. The van der Waals surface area contributed by atoms with Crippen LogP contribution >= 0.6 is 0 Å². The summed E-state index contributed by atoms with van der Waals surface area (Å²) in [4.78, 5) is 0. The molecule has 1 heterocycles. The van der Waals surface area contributed by atoms with E-state index in [1.165, 1.54) is 12.8 Å². The van der Waals surface area contributed by atoms with Crippen molar-refractivity contribution in [2.24, 2.45) is 11.7 Å². The average molecular weight is 199 g/mol. The molecule has 2 atom stereocenters. The molecule has 1 saturated carbocycles. The fourth-order valence-corrected chi connectivity index (χ4v) is 3.03. The molecule has 82 valence electrons. The van der Waals surface area contributed by atoms with Crippen molar-refractivity contribution < 1.29 is 9.47 Å². The van der Waals surface area contributed by atoms with E-state index in [-0.39, 0.29) is 11.7 Å². The lowest BCUT2D eigenvalue weighted by Gasteiger charge is -2.36. The third kappa shape index (κ3) is 1.58. The van der Waals surface area contributed by atoms with Crippen LogP contribution in [0.2, 0.25) is 0 Å². The summed E-state index contributed by atoms with van der Waals surface area (Å²) in [5.41, 5.74) is 5.76. The van der Waals surface area contributed by atoms with E-state index in [9.17, 15) is 0 Å². The zero-order chi connectivity index (χ0) is 10.0. The van der Waals surface area contributed by atoms with Crippen LogP contribution < -0.4 is 5.73 Å². The van der Waals surface area contributed by atoms with E-state index in [4.69, 9.17) is 15.2 Å². The van der Waals surface area contributed by atoms with Crippen LogP contribution in [-0.2, 0) is 9.47 Å². The summed E-state index contributed by atoms with van der Waals surface area (Å²) in [6.45, 7) is 1.59. The predicted molar refractivity (Wildman–Crippen MR) is 55.1 cm³/mol. The highest BCUT2D eigenvalue weighted by Gasteiger charge is 2.47. The monoisotopic (exact) mass is 199 g/mol. The number of ether oxygens (including phenoxy) is 2. The summed E-state index contributed by atoms with van der Waals surface area (Å²) in [5, 5.41) is 0. The molecule has 14 heavy (non-hydrogen) atoms. The molecule has 0 spiro atoms. The first-order chi connectivity index (χ1) is 6.82. The van der Waals surface area contributed by atoms with Crippen molar-refractivity contribution in [2.75, 3.05) is 20.3 Å². The largest absolute Gasteiger partial charge is 0.376 e. The Morgan fingerprint density at radius 1 is 1.43 bits per heavy atom. The Morgan fingerprint density at radius 3 is 2.71 bits per heavy atom. The van der Waals surface area contributed by atoms with E-state index in [1.807, 2.05) is 7.11 Å². The molecule has 2 rings (SSSR count). The van der Waals surface area contributed by atoms with Gasteiger partial charge in [-0.25, -0.2) is 0 Å². The molecule has 0 aromatic rings. The van der Waals surface area contributed by atoms with Gasteiger partial charge in [-0.15, -0.1) is 0 Å². The van der Waals surface area contributed by atoms with Crippen molar-refractivity contribution in [3.8, 4) is 0 Å². The Balaban J connectivity index is 2.10. The van der Waals surface area contributed by atoms with Gasteiger partial charge in [-0.3, -0.25) is 0 Å². The highest BCUT2D eigenvalue weighted by Crippen LogP contribution is 2.42. The molecule has 0 aromatic heterocycles. The van der Waals surface area contributed by atoms with Crippen molar-refractivity contribution in [1.82, 2.24) is 0 Å². The normalized spacial score (nSPS) is 36.4. The van der Waals surface area contributed by atoms with Crippen LogP contribution in [0.3, 0.4) is 0 Å². The van der Waals surface area contributed by atoms with Gasteiger partial charge in [0.1, 0.15) is 0 Å². The molecule has 2 aliphatic rings. The predicted octanol–water partition coefficient (Wildman–Crippen LogP) is 1.31. The Labute approximate surface area is 85.9 Å². The van der Waals surface area contributed by atoms with Gasteiger partial charge in [0.25, 0.3) is 0 Å². The number of hydrogen-bond donors (Lipinski definition) is 1. The number of rotatable bonds is 3. The fraction of sp³-hybridized carbons (Fsp3) is 1.00. The minimum atomic E-state index is -0.0134. The van der Waals surface area contributed by atoms with Crippen LogP contribution in [0, 0.1) is 5.92 Å². The Bertz CT molecular complexity index is 190. The fourth-order valence-electron chi connectivity index (χ4n) is 3.03. The maximum atomic E-state index is 5.83. The molecule has 2 unspecified atom stereocenters. The first kappa shape index (κ1) is 10.4. The zero-order valence-corrected chi connectivity index (χ0v) is 9.00. The summed E-state index contributed by atoms with van der Waals surface area (Å²) in [5.74, 6) is 0.507. The maximum absolute atomic E-state index is 5.83. The smallest absolute Gasteiger partial charge is 0.0942 e. The van der Waals surface area contributed by atoms with Gasteiger partial charge in [-0.2, -0.15) is 0 Å². The number of hydrogen-bond acceptors (Lipinski definition) is 3. The van der Waals surface area contributed by atoms with E-state index < -0.39 is 0 Å². The lowest BCUT2D eigenvalue weighted by atomic mass is 9.85. The molecule has 0 amide bonds. The standard InChI is InChI=1S/C11H21NO2/c1-13-11(5-2-3-6-11)10-9(8-12)4-7-14-10/h9-10H,2-8,12H2,1H3. The van der Waals surface area contributed by atoms with E-state index in [2.05, 4.69) is 0 Å². The lowest BCUT2D eigenvalue weighted by Crippen LogP contribution is -2.46. The average Bonchev–Trinajstić information content (AvgIpc) is 2.86. The molecule has 0 bridgehead atoms. The van der Waals surface area contributed by atoms with Crippen LogP contribution in [0.4, 0.5) is 0 Å². The Hall–Kier alpha value is -0.120. The highest BCUT2D eigenvalue weighted by atomic mass is 16.5. The van der Waals surface area contributed by atoms with Crippen molar-refractivity contribution in [2.45, 2.75) is 43.8 Å². The van der Waals surface area contributed by atoms with Gasteiger partial charge in [0.05, 0.1) is 11.7 Å². The van der Waals surface area contributed by atoms with Gasteiger partial charge < -0.3 is 15.2 Å². The molecule has 0 aromatic carbocycles. The second-order valence-corrected chi connectivity index (χ2v) is 4.55. The summed E-state index contributed by atoms with van der Waals surface area (Å²) < 4.78 is 11.6. The molecule has 0 radical (unpaired) electrons. The van der Waals surface area contributed by atoms with E-state index in [0.717, 1.165) is 32.4 Å². The van der Waals surface area contributed by atoms with Crippen molar-refractivity contribution >= 4 is 0 Å². The minimum Gasteiger partial charge on any atom is -0.376 e. The molecular formula is C11H21NO2. The quantitative estimate of drug-likeness (QED) is 0.745. The van der Waals surface area contributed by atoms with Crippen molar-refractivity contribution in [1.29, 1.82) is 0 Å². The third-order valence-electron chi connectivity index (χ3n) is 3.89. The van der Waals surface area contributed by atoms with Crippen LogP contribution in [-0.4, -0.2) is 32.0 Å². The number of methoxy groups -OCH3 is 1. The summed E-state index contributed by atoms with van der Waals surface area (Å²) in [6, 6.07) is 0. The molecular weight excluding hydrogens is 178 g/mol. The summed E-state index contributed by atoms with van der Waals surface area (Å²) in [7, 11) is 1.82. The van der Waals surface area contributed by atoms with Crippen molar-refractivity contribution in [3.63, 3.8) is 0 Å². The molecule has 3 nitrogen and oxygen atoms in total. The van der Waals surface area contributed by atoms with Gasteiger partial charge in [0.2, 0.25) is 0 Å². The Kier molecular flexibility index (Phi) is 3.10. The Morgan fingerprint density at radius 2 is 2.14 bits per heavy atom. The van der Waals surface area contributed by atoms with E-state index >= 15 is 0 Å². The second kappa shape index (κ2) is 4.17. The molecule has 1 aliphatic carbocycles. The van der Waals surface area contributed by atoms with E-state index in [0.29, 0.717) is 5.92 Å². The van der Waals surface area contributed by atoms with Crippen LogP contribution in [0.1, 0.15) is 32.1 Å². The van der Waals surface area contributed by atoms with Crippen LogP contribution in [0.5, 0.6) is 0 Å². The summed E-state index contributed by atoms with van der Waals surface area (Å²) >= 11 is 0. The molecule has 2 fully saturated rings. The molecule has 1 saturated heterocycles. The lowest BCUT2D eigenvalue weighted by molar-refractivity contribution is -0.117. The van der Waals surface area contributed by atoms with Crippen molar-refractivity contribution in [3.05, 3.63) is 0 Å². The zero-order valence-electron chi connectivity index (χ0n) is 9.00. The first-order valence-electron chi connectivity index (χ1n) is 5.69. The van der Waals surface area contributed by atoms with Gasteiger partial charge in [-0.1, -0.05) is 12.8 Å². The van der Waals surface area contributed by atoms with Gasteiger partial charge in [-0.05, 0) is 25.8 Å². The minimum absolute atomic E-state index is 0.0134. The van der Waals surface area contributed by atoms with Gasteiger partial charge in [0, 0.05) is 19.6 Å². The SMILES string of the molecule is COC1(C2OCCC2CN)CCCC1. The first-order valence-corrected chi connectivity index (χ1v) is 5.69. The topological polar surface area (TPSA) is 44.5 Å². The number of nitrogens with two attached hydrogens (primary N) is 1. The summed E-state index contributed by atoms with van der Waals surface area (Å²) in [6.07, 6.45) is 6.18. The van der Waals surface area contributed by atoms with E-state index in [1.54, 1.807) is 0 Å². The van der Waals surface area contributed by atoms with Crippen LogP contribution in [0.15, 0.2) is 0 Å². The van der Waals surface area contributed by atoms with Crippen LogP contribution in [0.25, 0.3) is 0 Å². The third-order valence-corrected chi connectivity index (χ3v) is 3.89. The molecule has 1 aliphatic heterocycles. The maximum Gasteiger partial charge on any atom is 0.0942 e. The van der Waals surface area contributed by atoms with Gasteiger partial charge in [0.15, 0.2) is 0 Å². The van der Waals surface area contributed by atoms with Gasteiger partial charge >= 0.3 is 0 Å². The molecule has 2 N–H and O–H groups in total.